The number of nitrogens with zero attached hydrogens (tertiary/aromatic N) is 2. The summed E-state index contributed by atoms with van der Waals surface area (Å²) in [6.07, 6.45) is 1.05. The molecule has 0 aromatic heterocycles. The van der Waals surface area contributed by atoms with E-state index in [2.05, 4.69) is 5.32 Å². The van der Waals surface area contributed by atoms with Gasteiger partial charge in [-0.05, 0) is 43.3 Å². The highest BCUT2D eigenvalue weighted by atomic mass is 32.2. The molecule has 2 aromatic rings. The van der Waals surface area contributed by atoms with E-state index in [1.165, 1.54) is 45.3 Å². The van der Waals surface area contributed by atoms with Gasteiger partial charge in [0.2, 0.25) is 26.0 Å². The molecule has 0 aliphatic heterocycles. The number of anilines is 1. The van der Waals surface area contributed by atoms with E-state index >= 15 is 0 Å². The zero-order chi connectivity index (χ0) is 23.2. The van der Waals surface area contributed by atoms with Crippen molar-refractivity contribution < 1.29 is 26.4 Å². The van der Waals surface area contributed by atoms with Crippen molar-refractivity contribution >= 4 is 31.6 Å². The van der Waals surface area contributed by atoms with E-state index in [9.17, 15) is 21.6 Å². The number of carbonyl (C=O) groups excluding carboxylic acids is 1. The number of benzene rings is 2. The Balaban J connectivity index is 1.93. The van der Waals surface area contributed by atoms with Crippen molar-refractivity contribution in [2.75, 3.05) is 37.8 Å². The van der Waals surface area contributed by atoms with E-state index in [-0.39, 0.29) is 18.0 Å². The van der Waals surface area contributed by atoms with Gasteiger partial charge in [0.25, 0.3) is 0 Å². The van der Waals surface area contributed by atoms with Crippen LogP contribution in [0.15, 0.2) is 59.5 Å². The van der Waals surface area contributed by atoms with Crippen molar-refractivity contribution in [3.8, 4) is 5.75 Å². The Bertz CT molecular complexity index is 1090. The standard InChI is InChI=1S/C20H27N3O6S2/c1-16(23(30(4,25)26)17-8-6-5-7-9-17)20(24)21-14-15-29-18-10-12-19(13-11-18)31(27,28)22(2)3/h5-13,16H,14-15H2,1-4H3,(H,21,24)/t16-/m1/s1. The predicted octanol–water partition coefficient (Wildman–Crippen LogP) is 1.29. The van der Waals surface area contributed by atoms with Crippen LogP contribution < -0.4 is 14.4 Å². The molecule has 9 nitrogen and oxygen atoms in total. The zero-order valence-corrected chi connectivity index (χ0v) is 19.5. The Morgan fingerprint density at radius 1 is 1.00 bits per heavy atom. The summed E-state index contributed by atoms with van der Waals surface area (Å²) in [6, 6.07) is 13.4. The second kappa shape index (κ2) is 10.1. The summed E-state index contributed by atoms with van der Waals surface area (Å²) in [5.41, 5.74) is 0.400. The average Bonchev–Trinajstić information content (AvgIpc) is 2.71. The van der Waals surface area contributed by atoms with Crippen molar-refractivity contribution in [3.63, 3.8) is 0 Å². The third-order valence-corrected chi connectivity index (χ3v) is 7.44. The molecule has 0 radical (unpaired) electrons. The van der Waals surface area contributed by atoms with Gasteiger partial charge in [0.05, 0.1) is 23.4 Å². The topological polar surface area (TPSA) is 113 Å². The van der Waals surface area contributed by atoms with Gasteiger partial charge in [-0.1, -0.05) is 18.2 Å². The van der Waals surface area contributed by atoms with E-state index in [1.807, 2.05) is 0 Å². The molecular weight excluding hydrogens is 442 g/mol. The van der Waals surface area contributed by atoms with Crippen LogP contribution in [0.4, 0.5) is 5.69 Å². The summed E-state index contributed by atoms with van der Waals surface area (Å²) in [4.78, 5) is 12.6. The lowest BCUT2D eigenvalue weighted by Crippen LogP contribution is -2.48. The van der Waals surface area contributed by atoms with Crippen LogP contribution >= 0.6 is 0 Å². The summed E-state index contributed by atoms with van der Waals surface area (Å²) < 4.78 is 56.2. The first-order valence-electron chi connectivity index (χ1n) is 9.42. The molecule has 0 heterocycles. The molecule has 0 aliphatic rings. The molecule has 2 aromatic carbocycles. The largest absolute Gasteiger partial charge is 0.492 e. The molecule has 0 saturated carbocycles. The Hall–Kier alpha value is -2.63. The predicted molar refractivity (Wildman–Crippen MR) is 119 cm³/mol. The summed E-state index contributed by atoms with van der Waals surface area (Å²) in [6.45, 7) is 1.78. The molecule has 0 bridgehead atoms. The van der Waals surface area contributed by atoms with Crippen LogP contribution in [-0.4, -0.2) is 66.6 Å². The van der Waals surface area contributed by atoms with Gasteiger partial charge in [-0.3, -0.25) is 9.10 Å². The van der Waals surface area contributed by atoms with Crippen LogP contribution in [0.5, 0.6) is 5.75 Å². The number of hydrogen-bond donors (Lipinski definition) is 1. The van der Waals surface area contributed by atoms with Crippen molar-refractivity contribution in [3.05, 3.63) is 54.6 Å². The highest BCUT2D eigenvalue weighted by Crippen LogP contribution is 2.20. The third kappa shape index (κ3) is 6.42. The number of rotatable bonds is 10. The van der Waals surface area contributed by atoms with E-state index in [4.69, 9.17) is 4.74 Å². The first-order chi connectivity index (χ1) is 14.4. The van der Waals surface area contributed by atoms with Crippen molar-refractivity contribution in [1.82, 2.24) is 9.62 Å². The Morgan fingerprint density at radius 3 is 2.10 bits per heavy atom. The fraction of sp³-hybridized carbons (Fsp3) is 0.350. The number of amides is 1. The smallest absolute Gasteiger partial charge is 0.243 e. The van der Waals surface area contributed by atoms with Crippen molar-refractivity contribution in [2.24, 2.45) is 0 Å². The zero-order valence-electron chi connectivity index (χ0n) is 17.8. The number of hydrogen-bond acceptors (Lipinski definition) is 6. The first kappa shape index (κ1) is 24.6. The number of ether oxygens (including phenoxy) is 1. The summed E-state index contributed by atoms with van der Waals surface area (Å²) in [7, 11) is -4.28. The van der Waals surface area contributed by atoms with Gasteiger partial charge in [0.1, 0.15) is 18.4 Å². The minimum absolute atomic E-state index is 0.127. The molecule has 2 rings (SSSR count). The van der Waals surface area contributed by atoms with E-state index in [0.717, 1.165) is 14.9 Å². The van der Waals surface area contributed by atoms with Gasteiger partial charge in [-0.15, -0.1) is 0 Å². The van der Waals surface area contributed by atoms with Crippen LogP contribution in [0.25, 0.3) is 0 Å². The lowest BCUT2D eigenvalue weighted by molar-refractivity contribution is -0.121. The molecule has 11 heteroatoms. The number of carbonyl (C=O) groups is 1. The molecule has 1 N–H and O–H groups in total. The first-order valence-corrected chi connectivity index (χ1v) is 12.7. The maximum absolute atomic E-state index is 12.5. The monoisotopic (exact) mass is 469 g/mol. The molecule has 0 aliphatic carbocycles. The summed E-state index contributed by atoms with van der Waals surface area (Å²) >= 11 is 0. The molecule has 31 heavy (non-hydrogen) atoms. The fourth-order valence-electron chi connectivity index (χ4n) is 2.79. The Kier molecular flexibility index (Phi) is 8.04. The van der Waals surface area contributed by atoms with Crippen LogP contribution in [0, 0.1) is 0 Å². The van der Waals surface area contributed by atoms with Gasteiger partial charge >= 0.3 is 0 Å². The average molecular weight is 470 g/mol. The van der Waals surface area contributed by atoms with Crippen LogP contribution in [0.2, 0.25) is 0 Å². The lowest BCUT2D eigenvalue weighted by Gasteiger charge is -2.28. The van der Waals surface area contributed by atoms with E-state index in [1.54, 1.807) is 30.3 Å². The maximum atomic E-state index is 12.5. The highest BCUT2D eigenvalue weighted by Gasteiger charge is 2.28. The number of sulfonamides is 2. The van der Waals surface area contributed by atoms with E-state index in [0.29, 0.717) is 11.4 Å². The molecule has 1 amide bonds. The maximum Gasteiger partial charge on any atom is 0.243 e. The molecule has 0 fully saturated rings. The fourth-order valence-corrected chi connectivity index (χ4v) is 4.87. The molecule has 0 saturated heterocycles. The second-order valence-electron chi connectivity index (χ2n) is 6.97. The van der Waals surface area contributed by atoms with Gasteiger partial charge in [0, 0.05) is 14.1 Å². The Morgan fingerprint density at radius 2 is 1.58 bits per heavy atom. The molecule has 0 unspecified atom stereocenters. The lowest BCUT2D eigenvalue weighted by atomic mass is 10.2. The van der Waals surface area contributed by atoms with Crippen LogP contribution in [-0.2, 0) is 24.8 Å². The molecule has 170 valence electrons. The minimum atomic E-state index is -3.67. The van der Waals surface area contributed by atoms with Crippen LogP contribution in [0.1, 0.15) is 6.92 Å². The second-order valence-corrected chi connectivity index (χ2v) is 11.0. The molecule has 1 atom stereocenters. The quantitative estimate of drug-likeness (QED) is 0.525. The van der Waals surface area contributed by atoms with Crippen molar-refractivity contribution in [2.45, 2.75) is 17.9 Å². The van der Waals surface area contributed by atoms with Gasteiger partial charge in [-0.2, -0.15) is 0 Å². The summed E-state index contributed by atoms with van der Waals surface area (Å²) in [5, 5.41) is 2.65. The highest BCUT2D eigenvalue weighted by molar-refractivity contribution is 7.92. The Labute approximate surface area is 183 Å². The van der Waals surface area contributed by atoms with E-state index < -0.39 is 32.0 Å². The van der Waals surface area contributed by atoms with Crippen molar-refractivity contribution in [1.29, 1.82) is 0 Å². The normalized spacial score (nSPS) is 12.9. The molecular formula is C20H27N3O6S2. The SMILES string of the molecule is C[C@H](C(=O)NCCOc1ccc(S(=O)(=O)N(C)C)cc1)N(c1ccccc1)S(C)(=O)=O. The number of nitrogens with one attached hydrogen (secondary N) is 1. The summed E-state index contributed by atoms with van der Waals surface area (Å²) in [5.74, 6) is -0.0210. The van der Waals surface area contributed by atoms with Crippen LogP contribution in [0.3, 0.4) is 0 Å². The minimum Gasteiger partial charge on any atom is -0.492 e. The van der Waals surface area contributed by atoms with Gasteiger partial charge < -0.3 is 10.1 Å². The third-order valence-electron chi connectivity index (χ3n) is 4.37. The van der Waals surface area contributed by atoms with Gasteiger partial charge in [0.15, 0.2) is 0 Å². The number of para-hydroxylation sites is 1. The molecule has 0 spiro atoms. The van der Waals surface area contributed by atoms with Gasteiger partial charge in [-0.25, -0.2) is 21.1 Å².